The summed E-state index contributed by atoms with van der Waals surface area (Å²) in [5.41, 5.74) is 4.90. The first-order chi connectivity index (χ1) is 9.58. The Morgan fingerprint density at radius 1 is 1.00 bits per heavy atom. The van der Waals surface area contributed by atoms with Gasteiger partial charge in [-0.3, -0.25) is 0 Å². The van der Waals surface area contributed by atoms with Crippen LogP contribution in [0.1, 0.15) is 22.3 Å². The largest absolute Gasteiger partial charge is 0.207 e. The standard InChI is InChI=1S/C18H20BrF/c1-13-3-6-15(7-4-13)9-16(12-19)10-17-11-18(20)8-5-14(17)2/h3-8,11,16H,9-10,12H2,1-2H3. The molecule has 0 aliphatic heterocycles. The molecular formula is C18H20BrF. The lowest BCUT2D eigenvalue weighted by Gasteiger charge is -2.16. The summed E-state index contributed by atoms with van der Waals surface area (Å²) in [5, 5.41) is 0.927. The van der Waals surface area contributed by atoms with Crippen molar-refractivity contribution in [2.75, 3.05) is 5.33 Å². The number of hydrogen-bond donors (Lipinski definition) is 0. The van der Waals surface area contributed by atoms with Crippen molar-refractivity contribution in [1.82, 2.24) is 0 Å². The summed E-state index contributed by atoms with van der Waals surface area (Å²) in [6, 6.07) is 13.7. The number of alkyl halides is 1. The van der Waals surface area contributed by atoms with Gasteiger partial charge in [0, 0.05) is 5.33 Å². The van der Waals surface area contributed by atoms with E-state index in [-0.39, 0.29) is 5.82 Å². The zero-order valence-electron chi connectivity index (χ0n) is 12.0. The van der Waals surface area contributed by atoms with Gasteiger partial charge in [0.05, 0.1) is 0 Å². The van der Waals surface area contributed by atoms with Crippen LogP contribution in [0.4, 0.5) is 4.39 Å². The van der Waals surface area contributed by atoms with Gasteiger partial charge in [-0.25, -0.2) is 4.39 Å². The number of benzene rings is 2. The summed E-state index contributed by atoms with van der Waals surface area (Å²) in [4.78, 5) is 0. The second kappa shape index (κ2) is 7.03. The van der Waals surface area contributed by atoms with E-state index >= 15 is 0 Å². The van der Waals surface area contributed by atoms with Gasteiger partial charge in [0.25, 0.3) is 0 Å². The first-order valence-electron chi connectivity index (χ1n) is 6.95. The van der Waals surface area contributed by atoms with Crippen LogP contribution in [0.25, 0.3) is 0 Å². The van der Waals surface area contributed by atoms with Crippen molar-refractivity contribution in [2.45, 2.75) is 26.7 Å². The minimum Gasteiger partial charge on any atom is -0.207 e. The van der Waals surface area contributed by atoms with Crippen molar-refractivity contribution in [3.8, 4) is 0 Å². The van der Waals surface area contributed by atoms with E-state index in [0.29, 0.717) is 5.92 Å². The average Bonchev–Trinajstić information content (AvgIpc) is 2.44. The molecule has 2 aromatic carbocycles. The molecule has 0 heterocycles. The lowest BCUT2D eigenvalue weighted by atomic mass is 9.92. The molecule has 20 heavy (non-hydrogen) atoms. The average molecular weight is 335 g/mol. The Kier molecular flexibility index (Phi) is 5.36. The van der Waals surface area contributed by atoms with Gasteiger partial charge >= 0.3 is 0 Å². The number of rotatable bonds is 5. The van der Waals surface area contributed by atoms with Crippen molar-refractivity contribution in [1.29, 1.82) is 0 Å². The maximum Gasteiger partial charge on any atom is 0.123 e. The molecule has 0 fully saturated rings. The SMILES string of the molecule is Cc1ccc(CC(CBr)Cc2cc(F)ccc2C)cc1. The van der Waals surface area contributed by atoms with E-state index in [9.17, 15) is 4.39 Å². The van der Waals surface area contributed by atoms with Crippen LogP contribution in [-0.4, -0.2) is 5.33 Å². The van der Waals surface area contributed by atoms with Crippen LogP contribution in [0.15, 0.2) is 42.5 Å². The molecule has 1 unspecified atom stereocenters. The van der Waals surface area contributed by atoms with Crippen molar-refractivity contribution in [2.24, 2.45) is 5.92 Å². The molecule has 0 aromatic heterocycles. The van der Waals surface area contributed by atoms with Crippen LogP contribution in [0.3, 0.4) is 0 Å². The predicted molar refractivity (Wildman–Crippen MR) is 87.0 cm³/mol. The second-order valence-electron chi connectivity index (χ2n) is 5.48. The maximum atomic E-state index is 13.4. The molecule has 0 spiro atoms. The third-order valence-electron chi connectivity index (χ3n) is 3.68. The van der Waals surface area contributed by atoms with Gasteiger partial charge in [-0.05, 0) is 61.4 Å². The zero-order chi connectivity index (χ0) is 14.5. The summed E-state index contributed by atoms with van der Waals surface area (Å²) in [6.45, 7) is 4.15. The Hall–Kier alpha value is -1.15. The first kappa shape index (κ1) is 15.2. The lowest BCUT2D eigenvalue weighted by molar-refractivity contribution is 0.580. The fourth-order valence-corrected chi connectivity index (χ4v) is 2.87. The predicted octanol–water partition coefficient (Wildman–Crippen LogP) is 5.24. The Bertz CT molecular complexity index is 560. The quantitative estimate of drug-likeness (QED) is 0.656. The molecule has 0 aliphatic rings. The molecule has 0 bridgehead atoms. The highest BCUT2D eigenvalue weighted by atomic mass is 79.9. The Morgan fingerprint density at radius 2 is 1.70 bits per heavy atom. The topological polar surface area (TPSA) is 0 Å². The second-order valence-corrected chi connectivity index (χ2v) is 6.13. The molecule has 0 saturated carbocycles. The highest BCUT2D eigenvalue weighted by Crippen LogP contribution is 2.20. The molecule has 0 nitrogen and oxygen atoms in total. The summed E-state index contributed by atoms with van der Waals surface area (Å²) in [7, 11) is 0. The monoisotopic (exact) mass is 334 g/mol. The van der Waals surface area contributed by atoms with Crippen LogP contribution in [-0.2, 0) is 12.8 Å². The summed E-state index contributed by atoms with van der Waals surface area (Å²) < 4.78 is 13.4. The van der Waals surface area contributed by atoms with E-state index in [2.05, 4.69) is 47.1 Å². The lowest BCUT2D eigenvalue weighted by Crippen LogP contribution is -2.11. The van der Waals surface area contributed by atoms with Gasteiger partial charge in [0.1, 0.15) is 5.82 Å². The maximum absolute atomic E-state index is 13.4. The number of halogens is 2. The van der Waals surface area contributed by atoms with E-state index in [4.69, 9.17) is 0 Å². The highest BCUT2D eigenvalue weighted by molar-refractivity contribution is 9.09. The van der Waals surface area contributed by atoms with Gasteiger partial charge < -0.3 is 0 Å². The van der Waals surface area contributed by atoms with Crippen molar-refractivity contribution < 1.29 is 4.39 Å². The molecule has 0 amide bonds. The molecule has 0 radical (unpaired) electrons. The van der Waals surface area contributed by atoms with Gasteiger partial charge in [-0.15, -0.1) is 0 Å². The van der Waals surface area contributed by atoms with Gasteiger partial charge in [-0.1, -0.05) is 51.8 Å². The van der Waals surface area contributed by atoms with Crippen molar-refractivity contribution in [3.63, 3.8) is 0 Å². The molecule has 0 saturated heterocycles. The van der Waals surface area contributed by atoms with Gasteiger partial charge in [0.15, 0.2) is 0 Å². The van der Waals surface area contributed by atoms with Crippen molar-refractivity contribution in [3.05, 3.63) is 70.5 Å². The van der Waals surface area contributed by atoms with Crippen LogP contribution in [0, 0.1) is 25.6 Å². The Balaban J connectivity index is 2.08. The molecule has 0 N–H and O–H groups in total. The Morgan fingerprint density at radius 3 is 2.35 bits per heavy atom. The smallest absolute Gasteiger partial charge is 0.123 e. The summed E-state index contributed by atoms with van der Waals surface area (Å²) >= 11 is 3.59. The summed E-state index contributed by atoms with van der Waals surface area (Å²) in [5.74, 6) is 0.340. The molecule has 2 aromatic rings. The fourth-order valence-electron chi connectivity index (χ4n) is 2.41. The highest BCUT2D eigenvalue weighted by Gasteiger charge is 2.11. The van der Waals surface area contributed by atoms with E-state index in [1.165, 1.54) is 22.8 Å². The minimum absolute atomic E-state index is 0.144. The van der Waals surface area contributed by atoms with Crippen LogP contribution < -0.4 is 0 Å². The Labute approximate surface area is 129 Å². The number of hydrogen-bond acceptors (Lipinski definition) is 0. The van der Waals surface area contributed by atoms with Crippen LogP contribution in [0.2, 0.25) is 0 Å². The molecule has 0 aliphatic carbocycles. The first-order valence-corrected chi connectivity index (χ1v) is 8.07. The zero-order valence-corrected chi connectivity index (χ0v) is 13.6. The summed E-state index contributed by atoms with van der Waals surface area (Å²) in [6.07, 6.45) is 1.92. The van der Waals surface area contributed by atoms with Crippen LogP contribution in [0.5, 0.6) is 0 Å². The fraction of sp³-hybridized carbons (Fsp3) is 0.333. The molecule has 2 rings (SSSR count). The van der Waals surface area contributed by atoms with E-state index in [0.717, 1.165) is 23.7 Å². The normalized spacial score (nSPS) is 12.4. The molecule has 1 atom stereocenters. The third kappa shape index (κ3) is 4.17. The van der Waals surface area contributed by atoms with E-state index in [1.54, 1.807) is 6.07 Å². The molecular weight excluding hydrogens is 315 g/mol. The minimum atomic E-state index is -0.144. The van der Waals surface area contributed by atoms with Crippen molar-refractivity contribution >= 4 is 15.9 Å². The van der Waals surface area contributed by atoms with E-state index < -0.39 is 0 Å². The van der Waals surface area contributed by atoms with E-state index in [1.807, 2.05) is 13.0 Å². The third-order valence-corrected chi connectivity index (χ3v) is 4.60. The molecule has 2 heteroatoms. The number of aryl methyl sites for hydroxylation is 2. The van der Waals surface area contributed by atoms with Crippen LogP contribution >= 0.6 is 15.9 Å². The van der Waals surface area contributed by atoms with Gasteiger partial charge in [-0.2, -0.15) is 0 Å². The van der Waals surface area contributed by atoms with Gasteiger partial charge in [0.2, 0.25) is 0 Å². The molecule has 106 valence electrons.